The molecule has 5 amide bonds. The molecule has 5 aliphatic heterocycles. The number of imide groups is 1. The average molecular weight is 974 g/mol. The fourth-order valence-electron chi connectivity index (χ4n) is 12.0. The Labute approximate surface area is 411 Å². The first-order valence-electron chi connectivity index (χ1n) is 23.8. The Morgan fingerprint density at radius 1 is 1.00 bits per heavy atom. The number of amides is 5. The van der Waals surface area contributed by atoms with E-state index < -0.39 is 35.1 Å². The van der Waals surface area contributed by atoms with Crippen LogP contribution < -0.4 is 26.0 Å². The van der Waals surface area contributed by atoms with Crippen LogP contribution in [0.25, 0.3) is 0 Å². The Bertz CT molecular complexity index is 2890. The van der Waals surface area contributed by atoms with E-state index in [0.29, 0.717) is 65.6 Å². The second-order valence-corrected chi connectivity index (χ2v) is 21.7. The lowest BCUT2D eigenvalue weighted by Crippen LogP contribution is -2.52. The van der Waals surface area contributed by atoms with Crippen LogP contribution in [-0.4, -0.2) is 84.2 Å². The van der Waals surface area contributed by atoms with Gasteiger partial charge in [-0.15, -0.1) is 0 Å². The number of methoxy groups -OCH3 is 1. The van der Waals surface area contributed by atoms with Crippen molar-refractivity contribution in [2.24, 2.45) is 16.7 Å². The summed E-state index contributed by atoms with van der Waals surface area (Å²) in [6, 6.07) is 19.3. The molecule has 4 aromatic carbocycles. The van der Waals surface area contributed by atoms with Gasteiger partial charge in [-0.05, 0) is 115 Å². The van der Waals surface area contributed by atoms with Gasteiger partial charge in [0.05, 0.1) is 23.9 Å². The van der Waals surface area contributed by atoms with E-state index in [2.05, 4.69) is 53.9 Å². The van der Waals surface area contributed by atoms with Crippen LogP contribution in [0.1, 0.15) is 115 Å². The third kappa shape index (κ3) is 8.42. The molecule has 1 saturated carbocycles. The van der Waals surface area contributed by atoms with Gasteiger partial charge in [-0.3, -0.25) is 29.3 Å². The topological polar surface area (TPSA) is 149 Å². The highest BCUT2D eigenvalue weighted by atomic mass is 35.5. The molecule has 5 heterocycles. The fourth-order valence-corrected chi connectivity index (χ4v) is 12.3. The third-order valence-corrected chi connectivity index (χ3v) is 16.0. The minimum atomic E-state index is -0.895. The van der Waals surface area contributed by atoms with E-state index in [4.69, 9.17) is 27.9 Å². The van der Waals surface area contributed by atoms with E-state index in [0.717, 1.165) is 48.1 Å². The fraction of sp³-hybridized carbons (Fsp3) is 0.426. The molecule has 6 aliphatic rings. The minimum Gasteiger partial charge on any atom is -0.495 e. The van der Waals surface area contributed by atoms with Crippen molar-refractivity contribution < 1.29 is 33.1 Å². The van der Waals surface area contributed by atoms with Crippen LogP contribution in [0.5, 0.6) is 5.75 Å². The Morgan fingerprint density at radius 3 is 2.59 bits per heavy atom. The maximum atomic E-state index is 16.3. The molecule has 0 bridgehead atoms. The van der Waals surface area contributed by atoms with Gasteiger partial charge in [-0.2, -0.15) is 0 Å². The zero-order chi connectivity index (χ0) is 48.6. The summed E-state index contributed by atoms with van der Waals surface area (Å²) in [5.74, 6) is 4.59. The van der Waals surface area contributed by atoms with E-state index in [1.54, 1.807) is 41.3 Å². The predicted octanol–water partition coefficient (Wildman–Crippen LogP) is 8.45. The van der Waals surface area contributed by atoms with Gasteiger partial charge in [-0.1, -0.05) is 80.1 Å². The predicted molar refractivity (Wildman–Crippen MR) is 262 cm³/mol. The number of piperidine rings is 1. The molecule has 4 aromatic rings. The van der Waals surface area contributed by atoms with Gasteiger partial charge >= 0.3 is 0 Å². The van der Waals surface area contributed by atoms with Crippen LogP contribution in [-0.2, 0) is 26.3 Å². The van der Waals surface area contributed by atoms with Crippen molar-refractivity contribution in [2.45, 2.75) is 102 Å². The number of carbonyl (C=O) groups excluding carboxylic acids is 5. The van der Waals surface area contributed by atoms with Gasteiger partial charge in [-0.25, -0.2) is 4.39 Å². The maximum Gasteiger partial charge on any atom is 0.255 e. The van der Waals surface area contributed by atoms with Crippen molar-refractivity contribution in [2.75, 3.05) is 37.4 Å². The summed E-state index contributed by atoms with van der Waals surface area (Å²) in [6.45, 7) is 8.30. The number of fused-ring (bicyclic) bond motifs is 3. The number of rotatable bonds is 7. The molecular formula is C54H55Cl2FN6O6. The van der Waals surface area contributed by atoms with Gasteiger partial charge in [0, 0.05) is 83.3 Å². The van der Waals surface area contributed by atoms with Crippen molar-refractivity contribution in [3.05, 3.63) is 122 Å². The summed E-state index contributed by atoms with van der Waals surface area (Å²) >= 11 is 12.9. The number of nitrogens with one attached hydrogen (secondary N) is 4. The summed E-state index contributed by atoms with van der Waals surface area (Å²) in [5.41, 5.74) is 4.13. The van der Waals surface area contributed by atoms with Gasteiger partial charge < -0.3 is 30.5 Å². The molecule has 69 heavy (non-hydrogen) atoms. The van der Waals surface area contributed by atoms with Gasteiger partial charge in [0.2, 0.25) is 17.7 Å². The molecule has 7 atom stereocenters. The Kier molecular flexibility index (Phi) is 12.1. The molecule has 1 unspecified atom stereocenters. The Balaban J connectivity index is 0.840. The van der Waals surface area contributed by atoms with E-state index in [1.807, 2.05) is 35.2 Å². The van der Waals surface area contributed by atoms with Crippen molar-refractivity contribution >= 4 is 64.1 Å². The average Bonchev–Trinajstić information content (AvgIpc) is 3.63. The number of hydrogen-bond acceptors (Lipinski definition) is 8. The van der Waals surface area contributed by atoms with Crippen LogP contribution in [0, 0.1) is 34.4 Å². The van der Waals surface area contributed by atoms with Crippen LogP contribution in [0.4, 0.5) is 15.8 Å². The first kappa shape index (κ1) is 46.8. The third-order valence-electron chi connectivity index (χ3n) is 15.5. The van der Waals surface area contributed by atoms with Crippen molar-refractivity contribution in [1.82, 2.24) is 20.4 Å². The van der Waals surface area contributed by atoms with Crippen LogP contribution >= 0.6 is 23.2 Å². The summed E-state index contributed by atoms with van der Waals surface area (Å²) in [4.78, 5) is 70.2. The summed E-state index contributed by atoms with van der Waals surface area (Å²) in [7, 11) is 1.50. The molecule has 0 aromatic heterocycles. The second-order valence-electron chi connectivity index (χ2n) is 20.8. The van der Waals surface area contributed by atoms with Crippen molar-refractivity contribution in [3.63, 3.8) is 0 Å². The number of ether oxygens (including phenoxy) is 1. The van der Waals surface area contributed by atoms with Crippen LogP contribution in [0.3, 0.4) is 0 Å². The lowest BCUT2D eigenvalue weighted by molar-refractivity contribution is -0.137. The normalized spacial score (nSPS) is 27.0. The van der Waals surface area contributed by atoms with Crippen LogP contribution in [0.15, 0.2) is 72.8 Å². The van der Waals surface area contributed by atoms with Crippen LogP contribution in [0.2, 0.25) is 10.0 Å². The first-order chi connectivity index (χ1) is 33.0. The molecule has 10 rings (SSSR count). The SMILES string of the molecule is COc1cc(C(=O)N2CCCC3(CC2)C[C@@H]3C#Cc2cccc3c2CN([C@H]2CCC(=O)NC2=O)C3=O)ccc1NC(=O)[C@@H]1N[C@@H](CC(C)(C)C)[C@@]2(CNc3cc(Cl)ccc32)[C@H]1c1cccc(Cl)c1F. The highest BCUT2D eigenvalue weighted by Crippen LogP contribution is 2.59. The van der Waals surface area contributed by atoms with Gasteiger partial charge in [0.25, 0.3) is 11.8 Å². The maximum absolute atomic E-state index is 16.3. The van der Waals surface area contributed by atoms with E-state index >= 15 is 4.39 Å². The number of benzene rings is 4. The van der Waals surface area contributed by atoms with Gasteiger partial charge in [0.15, 0.2) is 0 Å². The standard InChI is InChI=1S/C54H55Cl2FN6O6/c1-52(2,3)27-43-54(29-58-40-25-33(55)15-16-37(40)54)45(35-10-6-11-38(56)46(35)57)47(60-43)49(66)59-39-17-13-31(24-42(39)69-4)50(67)62-22-7-20-53(21-23-62)26-32(53)14-12-30-8-5-9-34-36(30)28-63(51(34)68)41-18-19-44(64)61-48(41)65/h5-6,8-11,13,15-17,24-25,32,41,43,45,47,58,60H,7,18-23,26-29H2,1-4H3,(H,59,66)(H,61,64,65)/t32-,41-,43-,45-,47+,53?,54-/m0/s1. The van der Waals surface area contributed by atoms with E-state index in [1.165, 1.54) is 13.2 Å². The molecule has 1 aliphatic carbocycles. The molecule has 15 heteroatoms. The Morgan fingerprint density at radius 2 is 1.81 bits per heavy atom. The zero-order valence-corrected chi connectivity index (χ0v) is 40.6. The lowest BCUT2D eigenvalue weighted by Gasteiger charge is -2.39. The molecule has 0 radical (unpaired) electrons. The number of nitrogens with zero attached hydrogens (tertiary/aromatic N) is 2. The molecular weight excluding hydrogens is 919 g/mol. The first-order valence-corrected chi connectivity index (χ1v) is 24.6. The molecule has 2 spiro atoms. The number of hydrogen-bond donors (Lipinski definition) is 4. The zero-order valence-electron chi connectivity index (χ0n) is 39.1. The molecule has 3 saturated heterocycles. The van der Waals surface area contributed by atoms with E-state index in [-0.39, 0.29) is 64.4 Å². The minimum absolute atomic E-state index is 0.00528. The largest absolute Gasteiger partial charge is 0.495 e. The summed E-state index contributed by atoms with van der Waals surface area (Å²) in [5, 5.41) is 13.2. The number of likely N-dealkylation sites (tertiary alicyclic amines) is 1. The summed E-state index contributed by atoms with van der Waals surface area (Å²) in [6.07, 6.45) is 4.64. The van der Waals surface area contributed by atoms with Gasteiger partial charge in [0.1, 0.15) is 17.6 Å². The monoisotopic (exact) mass is 972 g/mol. The van der Waals surface area contributed by atoms with Crippen molar-refractivity contribution in [3.8, 4) is 17.6 Å². The summed E-state index contributed by atoms with van der Waals surface area (Å²) < 4.78 is 22.2. The number of anilines is 2. The Hall–Kier alpha value is -5.94. The molecule has 358 valence electrons. The smallest absolute Gasteiger partial charge is 0.255 e. The second kappa shape index (κ2) is 17.8. The lowest BCUT2D eigenvalue weighted by atomic mass is 9.63. The number of carbonyl (C=O) groups is 5. The van der Waals surface area contributed by atoms with Crippen molar-refractivity contribution in [1.29, 1.82) is 0 Å². The highest BCUT2D eigenvalue weighted by Gasteiger charge is 2.62. The van der Waals surface area contributed by atoms with E-state index in [9.17, 15) is 24.0 Å². The molecule has 12 nitrogen and oxygen atoms in total. The molecule has 4 fully saturated rings. The quantitative estimate of drug-likeness (QED) is 0.107. The number of halogens is 3. The molecule has 4 N–H and O–H groups in total. The highest BCUT2D eigenvalue weighted by molar-refractivity contribution is 6.31.